The molecule has 0 atom stereocenters. The molecule has 0 aromatic rings. The maximum atomic E-state index is 10.5. The number of rotatable bonds is 79. The number of carbonyl (C=O) groups is 1. The first kappa shape index (κ1) is 81.5. The van der Waals surface area contributed by atoms with Crippen LogP contribution in [-0.2, 0) is 121 Å². The van der Waals surface area contributed by atoms with Crippen LogP contribution in [0.15, 0.2) is 0 Å². The van der Waals surface area contributed by atoms with E-state index >= 15 is 0 Å². The molecule has 0 fully saturated rings. The van der Waals surface area contributed by atoms with Gasteiger partial charge >= 0.3 is 5.97 Å². The van der Waals surface area contributed by atoms with E-state index < -0.39 is 5.97 Å². The molecular formula is C56H113NO26. The monoisotopic (exact) mass is 1220 g/mol. The molecule has 27 heteroatoms. The Morgan fingerprint density at radius 2 is 0.386 bits per heavy atom. The number of aliphatic carboxylic acids is 1. The van der Waals surface area contributed by atoms with Crippen molar-refractivity contribution in [3.63, 3.8) is 0 Å². The van der Waals surface area contributed by atoms with Crippen molar-refractivity contribution >= 4 is 5.97 Å². The maximum Gasteiger partial charge on any atom is 0.303 e. The second-order valence-electron chi connectivity index (χ2n) is 21.3. The lowest BCUT2D eigenvalue weighted by Gasteiger charge is -2.05. The van der Waals surface area contributed by atoms with Gasteiger partial charge in [0.1, 0.15) is 0 Å². The summed E-state index contributed by atoms with van der Waals surface area (Å²) in [6.45, 7) is 2.42. The van der Waals surface area contributed by atoms with Crippen molar-refractivity contribution in [3.05, 3.63) is 0 Å². The van der Waals surface area contributed by atoms with E-state index in [2.05, 4.69) is 116 Å². The summed E-state index contributed by atoms with van der Waals surface area (Å²) in [5, 5.41) is 99.6. The third-order valence-electron chi connectivity index (χ3n) is 14.2. The molecule has 0 rings (SSSR count). The molecule has 0 unspecified atom stereocenters. The van der Waals surface area contributed by atoms with Crippen LogP contribution in [0.5, 0.6) is 0 Å². The van der Waals surface area contributed by atoms with Crippen LogP contribution in [-0.4, -0.2) is 36.0 Å². The van der Waals surface area contributed by atoms with Crippen LogP contribution in [0.1, 0.15) is 334 Å². The summed E-state index contributed by atoms with van der Waals surface area (Å²) in [5.41, 5.74) is 0. The fourth-order valence-electron chi connectivity index (χ4n) is 9.65. The number of carboxylic acids is 1. The van der Waals surface area contributed by atoms with Crippen LogP contribution in [0.3, 0.4) is 0 Å². The van der Waals surface area contributed by atoms with E-state index in [1.54, 1.807) is 0 Å². The average Bonchev–Trinajstić information content (AvgIpc) is 3.48. The summed E-state index contributed by atoms with van der Waals surface area (Å²) in [4.78, 5) is 15.3. The van der Waals surface area contributed by atoms with Crippen molar-refractivity contribution < 1.29 is 131 Å². The van der Waals surface area contributed by atoms with Crippen LogP contribution in [0.25, 0.3) is 0 Å². The minimum absolute atomic E-state index is 0.281. The first-order valence-electron chi connectivity index (χ1n) is 32.1. The van der Waals surface area contributed by atoms with E-state index in [1.165, 1.54) is 289 Å². The minimum atomic E-state index is -0.676. The van der Waals surface area contributed by atoms with E-state index in [0.717, 1.165) is 51.6 Å². The first-order valence-corrected chi connectivity index (χ1v) is 32.1. The van der Waals surface area contributed by atoms with Crippen LogP contribution in [0.4, 0.5) is 0 Å². The lowest BCUT2D eigenvalue weighted by atomic mass is 10.0. The molecule has 0 saturated heterocycles. The van der Waals surface area contributed by atoms with Gasteiger partial charge in [-0.1, -0.05) is 302 Å². The second-order valence-corrected chi connectivity index (χ2v) is 21.3. The van der Waals surface area contributed by atoms with Crippen molar-refractivity contribution in [2.75, 3.05) is 19.7 Å². The molecule has 0 aliphatic rings. The molecule has 83 heavy (non-hydrogen) atoms. The lowest BCUT2D eigenvalue weighted by Crippen LogP contribution is -2.16. The molecule has 0 aromatic carbocycles. The highest BCUT2D eigenvalue weighted by Crippen LogP contribution is 2.19. The van der Waals surface area contributed by atoms with Gasteiger partial charge in [0.2, 0.25) is 0 Å². The third kappa shape index (κ3) is 80.5. The molecule has 0 bridgehead atoms. The lowest BCUT2D eigenvalue weighted by molar-refractivity contribution is -0.899. The van der Waals surface area contributed by atoms with Crippen molar-refractivity contribution in [2.24, 2.45) is 0 Å². The van der Waals surface area contributed by atoms with Crippen LogP contribution in [0, 0.1) is 0 Å². The fraction of sp³-hybridized carbons (Fsp3) is 0.982. The van der Waals surface area contributed by atoms with E-state index in [9.17, 15) is 4.79 Å². The van der Waals surface area contributed by atoms with Gasteiger partial charge < -0.3 is 10.4 Å². The smallest absolute Gasteiger partial charge is 0.303 e. The predicted octanol–water partition coefficient (Wildman–Crippen LogP) is 17.9. The van der Waals surface area contributed by atoms with Crippen molar-refractivity contribution in [1.82, 2.24) is 5.32 Å². The van der Waals surface area contributed by atoms with Crippen molar-refractivity contribution in [1.29, 1.82) is 0 Å². The highest BCUT2D eigenvalue weighted by Gasteiger charge is 2.04. The number of hydrogen-bond acceptors (Lipinski definition) is 26. The summed E-state index contributed by atoms with van der Waals surface area (Å²) in [6.07, 6.45) is 69.6. The normalized spacial score (nSPS) is 11.7. The Labute approximate surface area is 494 Å². The zero-order chi connectivity index (χ0) is 59.4. The molecule has 0 heterocycles. The average molecular weight is 1220 g/mol. The highest BCUT2D eigenvalue weighted by atomic mass is 18.0. The van der Waals surface area contributed by atoms with Gasteiger partial charge in [-0.15, -0.1) is 0 Å². The Morgan fingerprint density at radius 1 is 0.217 bits per heavy atom. The summed E-state index contributed by atoms with van der Waals surface area (Å²) < 4.78 is 0. The third-order valence-corrected chi connectivity index (χ3v) is 14.2. The number of unbranched alkanes of at least 4 members (excludes halogenated alkanes) is 49. The van der Waals surface area contributed by atoms with E-state index in [0.29, 0.717) is 6.42 Å². The molecule has 0 radical (unpaired) electrons. The molecule has 27 nitrogen and oxygen atoms in total. The quantitative estimate of drug-likeness (QED) is 0.0290. The highest BCUT2D eigenvalue weighted by molar-refractivity contribution is 5.66. The van der Waals surface area contributed by atoms with E-state index in [4.69, 9.17) is 15.3 Å². The minimum Gasteiger partial charge on any atom is -0.481 e. The zero-order valence-electron chi connectivity index (χ0n) is 50.6. The molecule has 0 saturated carbocycles. The van der Waals surface area contributed by atoms with Gasteiger partial charge in [0.05, 0.1) is 6.61 Å². The van der Waals surface area contributed by atoms with Crippen LogP contribution >= 0.6 is 0 Å². The molecule has 498 valence electrons. The van der Waals surface area contributed by atoms with Gasteiger partial charge in [0.15, 0.2) is 0 Å². The van der Waals surface area contributed by atoms with E-state index in [1.807, 2.05) is 0 Å². The fourth-order valence-corrected chi connectivity index (χ4v) is 9.65. The van der Waals surface area contributed by atoms with Crippen molar-refractivity contribution in [3.8, 4) is 0 Å². The molecule has 0 aliphatic carbocycles. The Bertz CT molecular complexity index is 1170. The topological polar surface area (TPSA) is 282 Å². The Balaban J connectivity index is 3.08. The first-order chi connectivity index (χ1) is 41.3. The molecule has 3 N–H and O–H groups in total. The van der Waals surface area contributed by atoms with E-state index in [-0.39, 0.29) is 6.61 Å². The summed E-state index contributed by atoms with van der Waals surface area (Å²) >= 11 is 0. The molecule has 0 aliphatic heterocycles. The Kier molecular flexibility index (Phi) is 77.0. The van der Waals surface area contributed by atoms with Crippen LogP contribution < -0.4 is 5.32 Å². The molecule has 0 spiro atoms. The van der Waals surface area contributed by atoms with Gasteiger partial charge in [0, 0.05) is 36.7 Å². The standard InChI is InChI=1S/C56H113NO26/c58-56(59)52-48-47-50-54-57-53-49-45-43-41-39-37-35-33-31-29-27-25-23-21-19-17-15-13-11-9-7-5-3-1-2-4-6-8-10-12-14-16-18-20-22-24-26-28-30-32-34-36-38-40-42-44-46-51-55-61-63-65-67-69-71-73-75-77-79-81-83-82-80-78-76-74-72-70-68-66-64-62-60/h57,60H,1-55H2,(H,58,59). The zero-order valence-corrected chi connectivity index (χ0v) is 50.6. The molecular weight excluding hydrogens is 1100 g/mol. The predicted molar refractivity (Wildman–Crippen MR) is 293 cm³/mol. The maximum absolute atomic E-state index is 10.5. The van der Waals surface area contributed by atoms with Crippen molar-refractivity contribution in [2.45, 2.75) is 334 Å². The molecule has 0 aromatic heterocycles. The van der Waals surface area contributed by atoms with Crippen LogP contribution in [0.2, 0.25) is 0 Å². The molecule has 0 amide bonds. The second kappa shape index (κ2) is 78.5. The van der Waals surface area contributed by atoms with Gasteiger partial charge in [-0.2, -0.15) is 0 Å². The van der Waals surface area contributed by atoms with Gasteiger partial charge in [-0.3, -0.25) is 4.79 Å². The van der Waals surface area contributed by atoms with Gasteiger partial charge in [-0.25, -0.2) is 10.1 Å². The number of carboxylic acid groups (broad SMARTS) is 1. The van der Waals surface area contributed by atoms with Gasteiger partial charge in [-0.05, 0) is 119 Å². The Hall–Kier alpha value is -1.53. The SMILES string of the molecule is O=C(O)CCCCCNCCCCCCCCCCCCCCCCCCCCCCCCCCCCCCCCCCCCCCCCCCCCCCCCCCOOOOOOOOOOOOOOOOOOOOOOOO. The summed E-state index contributed by atoms with van der Waals surface area (Å²) in [5.74, 6) is -0.676. The summed E-state index contributed by atoms with van der Waals surface area (Å²) in [7, 11) is 0. The number of nitrogens with one attached hydrogen (secondary N) is 1. The summed E-state index contributed by atoms with van der Waals surface area (Å²) in [6, 6.07) is 0. The van der Waals surface area contributed by atoms with Gasteiger partial charge in [0.25, 0.3) is 0 Å². The number of hydrogen-bond donors (Lipinski definition) is 3. The Morgan fingerprint density at radius 3 is 0.590 bits per heavy atom. The largest absolute Gasteiger partial charge is 0.481 e.